The van der Waals surface area contributed by atoms with Crippen molar-refractivity contribution in [3.63, 3.8) is 0 Å². The van der Waals surface area contributed by atoms with Crippen LogP contribution < -0.4 is 10.5 Å². The number of aryl methyl sites for hydroxylation is 1. The molecule has 1 aromatic carbocycles. The third kappa shape index (κ3) is 2.93. The lowest BCUT2D eigenvalue weighted by molar-refractivity contribution is -0.119. The van der Waals surface area contributed by atoms with Gasteiger partial charge in [-0.15, -0.1) is 0 Å². The van der Waals surface area contributed by atoms with Gasteiger partial charge in [-0.25, -0.2) is 0 Å². The summed E-state index contributed by atoms with van der Waals surface area (Å²) in [4.78, 5) is 26.1. The third-order valence-corrected chi connectivity index (χ3v) is 4.13. The molecule has 0 bridgehead atoms. The molecule has 0 saturated heterocycles. The monoisotopic (exact) mass is 346 g/mol. The van der Waals surface area contributed by atoms with Crippen LogP contribution >= 0.6 is 15.9 Å². The summed E-state index contributed by atoms with van der Waals surface area (Å²) in [6.45, 7) is 0.769. The Balaban J connectivity index is 1.87. The molecule has 3 rings (SSSR count). The second-order valence-corrected chi connectivity index (χ2v) is 6.01. The lowest BCUT2D eigenvalue weighted by atomic mass is 10.0. The molecule has 0 fully saturated rings. The van der Waals surface area contributed by atoms with Crippen molar-refractivity contribution >= 4 is 27.5 Å². The van der Waals surface area contributed by atoms with Gasteiger partial charge in [0.1, 0.15) is 6.54 Å². The number of carbonyl (C=O) groups excluding carboxylic acids is 1. The Morgan fingerprint density at radius 1 is 1.19 bits per heavy atom. The number of halogens is 1. The number of hydrogen-bond acceptors (Lipinski definition) is 2. The zero-order valence-electron chi connectivity index (χ0n) is 11.5. The highest BCUT2D eigenvalue weighted by atomic mass is 79.9. The summed E-state index contributed by atoms with van der Waals surface area (Å²) < 4.78 is 2.22. The van der Waals surface area contributed by atoms with Gasteiger partial charge in [0.15, 0.2) is 0 Å². The van der Waals surface area contributed by atoms with Crippen LogP contribution in [0.1, 0.15) is 12.0 Å². The van der Waals surface area contributed by atoms with Crippen molar-refractivity contribution in [1.82, 2.24) is 4.57 Å². The van der Waals surface area contributed by atoms with Crippen LogP contribution in [0.4, 0.5) is 5.69 Å². The summed E-state index contributed by atoms with van der Waals surface area (Å²) >= 11 is 3.32. The maximum atomic E-state index is 12.5. The number of nitrogens with zero attached hydrogens (tertiary/aromatic N) is 2. The Labute approximate surface area is 131 Å². The van der Waals surface area contributed by atoms with E-state index in [2.05, 4.69) is 22.0 Å². The van der Waals surface area contributed by atoms with Crippen LogP contribution in [0.5, 0.6) is 0 Å². The molecule has 0 aliphatic carbocycles. The molecule has 0 spiro atoms. The lowest BCUT2D eigenvalue weighted by Crippen LogP contribution is -2.39. The lowest BCUT2D eigenvalue weighted by Gasteiger charge is -2.29. The number of benzene rings is 1. The van der Waals surface area contributed by atoms with Crippen molar-refractivity contribution < 1.29 is 4.79 Å². The zero-order valence-corrected chi connectivity index (χ0v) is 13.0. The van der Waals surface area contributed by atoms with Gasteiger partial charge in [-0.2, -0.15) is 0 Å². The van der Waals surface area contributed by atoms with Gasteiger partial charge < -0.3 is 9.47 Å². The molecular formula is C16H15BrN2O2. The van der Waals surface area contributed by atoms with E-state index in [0.29, 0.717) is 6.54 Å². The summed E-state index contributed by atoms with van der Waals surface area (Å²) in [6, 6.07) is 11.1. The minimum atomic E-state index is -0.170. The van der Waals surface area contributed by atoms with E-state index in [-0.39, 0.29) is 18.0 Å². The molecule has 0 unspecified atom stereocenters. The van der Waals surface area contributed by atoms with E-state index in [1.54, 1.807) is 17.2 Å². The van der Waals surface area contributed by atoms with Crippen LogP contribution in [-0.4, -0.2) is 17.0 Å². The van der Waals surface area contributed by atoms with Gasteiger partial charge in [-0.05, 0) is 46.5 Å². The maximum absolute atomic E-state index is 12.5. The Hall–Kier alpha value is -1.88. The van der Waals surface area contributed by atoms with Gasteiger partial charge in [-0.1, -0.05) is 18.2 Å². The quantitative estimate of drug-likeness (QED) is 0.838. The number of para-hydroxylation sites is 1. The smallest absolute Gasteiger partial charge is 0.251 e. The van der Waals surface area contributed by atoms with E-state index in [0.717, 1.165) is 23.0 Å². The molecule has 0 atom stereocenters. The van der Waals surface area contributed by atoms with Crippen LogP contribution in [0.3, 0.4) is 0 Å². The maximum Gasteiger partial charge on any atom is 0.251 e. The van der Waals surface area contributed by atoms with Crippen molar-refractivity contribution in [1.29, 1.82) is 0 Å². The standard InChI is InChI=1S/C16H15BrN2O2/c17-13-7-8-15(20)18(10-13)11-16(21)19-9-3-5-12-4-1-2-6-14(12)19/h1-2,4,6-8,10H,3,5,9,11H2. The minimum absolute atomic E-state index is 0.0534. The van der Waals surface area contributed by atoms with Crippen LogP contribution in [0.25, 0.3) is 0 Å². The van der Waals surface area contributed by atoms with Gasteiger partial charge in [0.25, 0.3) is 5.56 Å². The van der Waals surface area contributed by atoms with Crippen LogP contribution in [0.15, 0.2) is 51.9 Å². The molecule has 0 saturated carbocycles. The van der Waals surface area contributed by atoms with E-state index in [9.17, 15) is 9.59 Å². The Morgan fingerprint density at radius 3 is 2.86 bits per heavy atom. The highest BCUT2D eigenvalue weighted by Gasteiger charge is 2.22. The molecule has 4 nitrogen and oxygen atoms in total. The first-order valence-electron chi connectivity index (χ1n) is 6.89. The highest BCUT2D eigenvalue weighted by Crippen LogP contribution is 2.26. The average Bonchev–Trinajstić information content (AvgIpc) is 2.50. The number of amides is 1. The molecule has 0 radical (unpaired) electrons. The molecular weight excluding hydrogens is 332 g/mol. The van der Waals surface area contributed by atoms with Crippen molar-refractivity contribution in [3.05, 3.63) is 63.0 Å². The van der Waals surface area contributed by atoms with Gasteiger partial charge in [0.2, 0.25) is 5.91 Å². The number of anilines is 1. The Bertz CT molecular complexity index is 739. The topological polar surface area (TPSA) is 42.3 Å². The number of hydrogen-bond donors (Lipinski definition) is 0. The molecule has 108 valence electrons. The van der Waals surface area contributed by atoms with Crippen molar-refractivity contribution in [3.8, 4) is 0 Å². The summed E-state index contributed by atoms with van der Waals surface area (Å²) in [5, 5.41) is 0. The summed E-state index contributed by atoms with van der Waals surface area (Å²) in [5.74, 6) is -0.0534. The Morgan fingerprint density at radius 2 is 2.00 bits per heavy atom. The third-order valence-electron chi connectivity index (χ3n) is 3.66. The van der Waals surface area contributed by atoms with Gasteiger partial charge in [0, 0.05) is 29.0 Å². The van der Waals surface area contributed by atoms with Crippen molar-refractivity contribution in [2.75, 3.05) is 11.4 Å². The fourth-order valence-electron chi connectivity index (χ4n) is 2.65. The number of carbonyl (C=O) groups is 1. The number of aromatic nitrogens is 1. The number of fused-ring (bicyclic) bond motifs is 1. The van der Waals surface area contributed by atoms with E-state index >= 15 is 0 Å². The first kappa shape index (κ1) is 14.1. The van der Waals surface area contributed by atoms with Crippen LogP contribution in [-0.2, 0) is 17.8 Å². The molecule has 1 aliphatic heterocycles. The minimum Gasteiger partial charge on any atom is -0.311 e. The van der Waals surface area contributed by atoms with E-state index in [1.165, 1.54) is 16.2 Å². The first-order valence-corrected chi connectivity index (χ1v) is 7.69. The first-order chi connectivity index (χ1) is 10.1. The summed E-state index contributed by atoms with van der Waals surface area (Å²) in [6.07, 6.45) is 3.60. The van der Waals surface area contributed by atoms with Crippen molar-refractivity contribution in [2.24, 2.45) is 0 Å². The molecule has 5 heteroatoms. The van der Waals surface area contributed by atoms with E-state index in [4.69, 9.17) is 0 Å². The normalized spacial score (nSPS) is 13.9. The van der Waals surface area contributed by atoms with Crippen molar-refractivity contribution in [2.45, 2.75) is 19.4 Å². The molecule has 0 N–H and O–H groups in total. The molecule has 2 aromatic rings. The summed E-state index contributed by atoms with van der Waals surface area (Å²) in [5.41, 5.74) is 1.99. The fraction of sp³-hybridized carbons (Fsp3) is 0.250. The predicted molar refractivity (Wildman–Crippen MR) is 85.5 cm³/mol. The zero-order chi connectivity index (χ0) is 14.8. The van der Waals surface area contributed by atoms with Crippen LogP contribution in [0, 0.1) is 0 Å². The number of rotatable bonds is 2. The second kappa shape index (κ2) is 5.85. The van der Waals surface area contributed by atoms with E-state index in [1.807, 2.05) is 18.2 Å². The predicted octanol–water partition coefficient (Wildman–Crippen LogP) is 2.59. The van der Waals surface area contributed by atoms with Crippen LogP contribution in [0.2, 0.25) is 0 Å². The Kier molecular flexibility index (Phi) is 3.92. The van der Waals surface area contributed by atoms with Gasteiger partial charge in [0.05, 0.1) is 0 Å². The average molecular weight is 347 g/mol. The second-order valence-electron chi connectivity index (χ2n) is 5.09. The SMILES string of the molecule is O=C(Cn1cc(Br)ccc1=O)N1CCCc2ccccc21. The largest absolute Gasteiger partial charge is 0.311 e. The molecule has 1 aromatic heterocycles. The molecule has 1 amide bonds. The highest BCUT2D eigenvalue weighted by molar-refractivity contribution is 9.10. The van der Waals surface area contributed by atoms with Gasteiger partial charge >= 0.3 is 0 Å². The number of pyridine rings is 1. The molecule has 21 heavy (non-hydrogen) atoms. The summed E-state index contributed by atoms with van der Waals surface area (Å²) in [7, 11) is 0. The molecule has 2 heterocycles. The van der Waals surface area contributed by atoms with E-state index < -0.39 is 0 Å². The fourth-order valence-corrected chi connectivity index (χ4v) is 3.03. The molecule has 1 aliphatic rings. The van der Waals surface area contributed by atoms with Gasteiger partial charge in [-0.3, -0.25) is 9.59 Å².